The topological polar surface area (TPSA) is 114 Å². The molecule has 27 heavy (non-hydrogen) atoms. The van der Waals surface area contributed by atoms with E-state index in [0.29, 0.717) is 21.0 Å². The number of carbonyl (C=O) groups excluding carboxylic acids is 2. The van der Waals surface area contributed by atoms with Crippen LogP contribution in [0.3, 0.4) is 0 Å². The summed E-state index contributed by atoms with van der Waals surface area (Å²) in [5.41, 5.74) is 6.96. The number of aryl methyl sites for hydroxylation is 2. The molecule has 136 valence electrons. The number of amides is 1. The van der Waals surface area contributed by atoms with Crippen molar-refractivity contribution in [3.63, 3.8) is 0 Å². The Balaban J connectivity index is 2.14. The van der Waals surface area contributed by atoms with Crippen molar-refractivity contribution >= 4 is 28.9 Å². The second-order valence-corrected chi connectivity index (χ2v) is 7.61. The zero-order chi connectivity index (χ0) is 19.5. The van der Waals surface area contributed by atoms with E-state index in [4.69, 9.17) is 15.2 Å². The molecule has 0 fully saturated rings. The number of fused-ring (bicyclic) bond motifs is 4. The number of nitrogens with zero attached hydrogens (tertiary/aromatic N) is 1. The molecule has 1 amide bonds. The first-order chi connectivity index (χ1) is 12.9. The van der Waals surface area contributed by atoms with Crippen LogP contribution in [0.5, 0.6) is 5.75 Å². The lowest BCUT2D eigenvalue weighted by Gasteiger charge is -2.31. The van der Waals surface area contributed by atoms with Crippen molar-refractivity contribution in [3.05, 3.63) is 56.1 Å². The first-order valence-electron chi connectivity index (χ1n) is 8.09. The summed E-state index contributed by atoms with van der Waals surface area (Å²) in [5.74, 6) is -1.01. The van der Waals surface area contributed by atoms with E-state index in [1.54, 1.807) is 13.0 Å². The predicted molar refractivity (Wildman–Crippen MR) is 98.4 cm³/mol. The molecule has 0 saturated carbocycles. The maximum atomic E-state index is 13.2. The molecule has 4 rings (SSSR count). The average Bonchev–Trinajstić information content (AvgIpc) is 3.10. The second kappa shape index (κ2) is 5.59. The van der Waals surface area contributed by atoms with Crippen molar-refractivity contribution in [1.29, 1.82) is 5.26 Å². The summed E-state index contributed by atoms with van der Waals surface area (Å²) >= 11 is 1.22. The standard InChI is InChI=1S/C19H15N3O4S/c1-8-4-5-12-10(6-8)19(18(24)22-12)11(7-20)16(21)26-14-13(17(23)25-3)9(2)27-15(14)19/h4-6H,21H2,1-3H3,(H,22,24)/t19-/m0/s1. The van der Waals surface area contributed by atoms with Gasteiger partial charge in [-0.15, -0.1) is 11.3 Å². The van der Waals surface area contributed by atoms with Crippen molar-refractivity contribution in [3.8, 4) is 11.8 Å². The molecule has 0 saturated heterocycles. The minimum absolute atomic E-state index is 0.00881. The van der Waals surface area contributed by atoms with Crippen molar-refractivity contribution in [2.45, 2.75) is 19.3 Å². The number of methoxy groups -OCH3 is 1. The summed E-state index contributed by atoms with van der Waals surface area (Å²) in [4.78, 5) is 26.6. The van der Waals surface area contributed by atoms with E-state index in [-0.39, 0.29) is 22.8 Å². The number of esters is 1. The third-order valence-corrected chi connectivity index (χ3v) is 6.09. The van der Waals surface area contributed by atoms with Crippen LogP contribution in [-0.2, 0) is 14.9 Å². The number of rotatable bonds is 1. The molecule has 2 aromatic rings. The molecule has 1 atom stereocenters. The Morgan fingerprint density at radius 3 is 2.81 bits per heavy atom. The van der Waals surface area contributed by atoms with Crippen molar-refractivity contribution < 1.29 is 19.1 Å². The van der Waals surface area contributed by atoms with Crippen LogP contribution in [0.25, 0.3) is 0 Å². The molecule has 7 nitrogen and oxygen atoms in total. The lowest BCUT2D eigenvalue weighted by atomic mass is 9.72. The highest BCUT2D eigenvalue weighted by Crippen LogP contribution is 2.57. The molecule has 2 aliphatic heterocycles. The van der Waals surface area contributed by atoms with Gasteiger partial charge < -0.3 is 20.5 Å². The largest absolute Gasteiger partial charge is 0.465 e. The number of nitriles is 1. The highest BCUT2D eigenvalue weighted by atomic mass is 32.1. The number of thiophene rings is 1. The van der Waals surface area contributed by atoms with Crippen LogP contribution >= 0.6 is 11.3 Å². The Labute approximate surface area is 159 Å². The van der Waals surface area contributed by atoms with Crippen molar-refractivity contribution in [2.24, 2.45) is 5.73 Å². The number of benzene rings is 1. The number of hydrogen-bond acceptors (Lipinski definition) is 7. The molecule has 0 unspecified atom stereocenters. The van der Waals surface area contributed by atoms with Gasteiger partial charge in [-0.25, -0.2) is 4.79 Å². The number of ether oxygens (including phenoxy) is 2. The van der Waals surface area contributed by atoms with Gasteiger partial charge in [0.2, 0.25) is 11.8 Å². The Kier molecular flexibility index (Phi) is 3.55. The van der Waals surface area contributed by atoms with Crippen LogP contribution < -0.4 is 15.8 Å². The third kappa shape index (κ3) is 2.00. The highest BCUT2D eigenvalue weighted by Gasteiger charge is 2.58. The van der Waals surface area contributed by atoms with Gasteiger partial charge in [0.1, 0.15) is 17.2 Å². The van der Waals surface area contributed by atoms with E-state index >= 15 is 0 Å². The zero-order valence-electron chi connectivity index (χ0n) is 14.8. The number of anilines is 1. The van der Waals surface area contributed by atoms with Crippen LogP contribution in [0.1, 0.15) is 31.2 Å². The first-order valence-corrected chi connectivity index (χ1v) is 8.90. The van der Waals surface area contributed by atoms with Gasteiger partial charge in [-0.2, -0.15) is 5.26 Å². The molecule has 1 spiro atoms. The fourth-order valence-electron chi connectivity index (χ4n) is 3.69. The summed E-state index contributed by atoms with van der Waals surface area (Å²) in [7, 11) is 1.27. The lowest BCUT2D eigenvalue weighted by Crippen LogP contribution is -2.41. The average molecular weight is 381 g/mol. The Hall–Kier alpha value is -3.31. The number of nitrogens with two attached hydrogens (primary N) is 1. The van der Waals surface area contributed by atoms with Crippen LogP contribution in [0.2, 0.25) is 0 Å². The van der Waals surface area contributed by atoms with Gasteiger partial charge in [0, 0.05) is 16.1 Å². The molecule has 0 radical (unpaired) electrons. The molecule has 8 heteroatoms. The molecule has 3 heterocycles. The van der Waals surface area contributed by atoms with Crippen molar-refractivity contribution in [1.82, 2.24) is 0 Å². The molecular formula is C19H15N3O4S. The number of carbonyl (C=O) groups is 2. The van der Waals surface area contributed by atoms with E-state index in [1.165, 1.54) is 18.4 Å². The quantitative estimate of drug-likeness (QED) is 0.734. The fourth-order valence-corrected chi connectivity index (χ4v) is 4.97. The van der Waals surface area contributed by atoms with Gasteiger partial charge in [-0.1, -0.05) is 17.7 Å². The van der Waals surface area contributed by atoms with E-state index in [2.05, 4.69) is 5.32 Å². The monoisotopic (exact) mass is 381 g/mol. The minimum atomic E-state index is -1.45. The molecule has 1 aromatic carbocycles. The molecule has 3 N–H and O–H groups in total. The van der Waals surface area contributed by atoms with Crippen LogP contribution in [0.15, 0.2) is 29.7 Å². The molecule has 2 aliphatic rings. The van der Waals surface area contributed by atoms with Crippen molar-refractivity contribution in [2.75, 3.05) is 12.4 Å². The maximum absolute atomic E-state index is 13.2. The fraction of sp³-hybridized carbons (Fsp3) is 0.211. The van der Waals surface area contributed by atoms with Crippen LogP contribution in [0.4, 0.5) is 5.69 Å². The summed E-state index contributed by atoms with van der Waals surface area (Å²) in [5, 5.41) is 12.7. The minimum Gasteiger partial charge on any atom is -0.465 e. The number of nitrogens with one attached hydrogen (secondary N) is 1. The Morgan fingerprint density at radius 1 is 1.41 bits per heavy atom. The Morgan fingerprint density at radius 2 is 2.15 bits per heavy atom. The normalized spacial score (nSPS) is 19.9. The van der Waals surface area contributed by atoms with Crippen LogP contribution in [0, 0.1) is 25.2 Å². The lowest BCUT2D eigenvalue weighted by molar-refractivity contribution is -0.118. The summed E-state index contributed by atoms with van der Waals surface area (Å²) in [6.07, 6.45) is 0. The van der Waals surface area contributed by atoms with Gasteiger partial charge in [0.25, 0.3) is 0 Å². The Bertz CT molecular complexity index is 1110. The smallest absolute Gasteiger partial charge is 0.342 e. The van der Waals surface area contributed by atoms with Gasteiger partial charge in [0.05, 0.1) is 12.0 Å². The highest BCUT2D eigenvalue weighted by molar-refractivity contribution is 7.13. The van der Waals surface area contributed by atoms with Gasteiger partial charge in [-0.05, 0) is 19.9 Å². The SMILES string of the molecule is COC(=O)c1c(C)sc2c1OC(N)=C(C#N)[C@]21C(=O)Nc2ccc(C)cc21. The number of hydrogen-bond donors (Lipinski definition) is 2. The predicted octanol–water partition coefficient (Wildman–Crippen LogP) is 2.48. The second-order valence-electron chi connectivity index (χ2n) is 6.39. The molecule has 0 bridgehead atoms. The van der Waals surface area contributed by atoms with Gasteiger partial charge in [0.15, 0.2) is 11.2 Å². The maximum Gasteiger partial charge on any atom is 0.342 e. The zero-order valence-corrected chi connectivity index (χ0v) is 15.6. The van der Waals surface area contributed by atoms with Gasteiger partial charge in [-0.3, -0.25) is 4.79 Å². The van der Waals surface area contributed by atoms with E-state index in [0.717, 1.165) is 5.56 Å². The summed E-state index contributed by atoms with van der Waals surface area (Å²) < 4.78 is 10.5. The third-order valence-electron chi connectivity index (χ3n) is 4.88. The first kappa shape index (κ1) is 17.1. The van der Waals surface area contributed by atoms with E-state index in [9.17, 15) is 14.9 Å². The summed E-state index contributed by atoms with van der Waals surface area (Å²) in [6, 6.07) is 7.56. The van der Waals surface area contributed by atoms with Gasteiger partial charge >= 0.3 is 5.97 Å². The molecule has 1 aromatic heterocycles. The van der Waals surface area contributed by atoms with E-state index < -0.39 is 17.3 Å². The molecular weight excluding hydrogens is 366 g/mol. The summed E-state index contributed by atoms with van der Waals surface area (Å²) in [6.45, 7) is 3.63. The van der Waals surface area contributed by atoms with Crippen LogP contribution in [-0.4, -0.2) is 19.0 Å². The van der Waals surface area contributed by atoms with E-state index in [1.807, 2.05) is 25.1 Å². The molecule has 0 aliphatic carbocycles.